The van der Waals surface area contributed by atoms with E-state index in [0.29, 0.717) is 12.0 Å². The summed E-state index contributed by atoms with van der Waals surface area (Å²) in [5, 5.41) is 21.6. The summed E-state index contributed by atoms with van der Waals surface area (Å²) in [6.45, 7) is 3.48. The summed E-state index contributed by atoms with van der Waals surface area (Å²) in [5.41, 5.74) is -2.38. The standard InChI is InChI=1S/C27H25NO10/c1-26-9-7-16-25(33)38-20(14-8-10-36-13-14)12-27(16,2)22(26)21(29)19(11-17(26)23(30)31)37-24(32)15-5-3-4-6-18(15)28(34)35/h3-6,8,10-11,13,16-17,20,22H,7,9,12H2,1-2H3,(H,30,31). The fourth-order valence-corrected chi connectivity index (χ4v) is 6.74. The molecule has 1 saturated carbocycles. The topological polar surface area (TPSA) is 163 Å². The van der Waals surface area contributed by atoms with Crippen molar-refractivity contribution in [2.75, 3.05) is 0 Å². The van der Waals surface area contributed by atoms with Crippen molar-refractivity contribution in [3.05, 3.63) is 75.9 Å². The minimum atomic E-state index is -1.21. The summed E-state index contributed by atoms with van der Waals surface area (Å²) >= 11 is 0. The van der Waals surface area contributed by atoms with E-state index >= 15 is 0 Å². The van der Waals surface area contributed by atoms with Crippen molar-refractivity contribution in [2.45, 2.75) is 39.2 Å². The van der Waals surface area contributed by atoms with Crippen molar-refractivity contribution in [1.29, 1.82) is 0 Å². The molecule has 1 aliphatic heterocycles. The summed E-state index contributed by atoms with van der Waals surface area (Å²) in [4.78, 5) is 63.3. The largest absolute Gasteiger partial charge is 0.481 e. The van der Waals surface area contributed by atoms with E-state index in [4.69, 9.17) is 13.9 Å². The molecule has 2 aliphatic carbocycles. The number of hydrogen-bond acceptors (Lipinski definition) is 9. The van der Waals surface area contributed by atoms with E-state index in [1.165, 1.54) is 30.7 Å². The van der Waals surface area contributed by atoms with Crippen LogP contribution in [0.5, 0.6) is 0 Å². The number of carbonyl (C=O) groups excluding carboxylic acids is 3. The second kappa shape index (κ2) is 8.93. The first-order chi connectivity index (χ1) is 18.0. The molecule has 5 rings (SSSR count). The number of nitro benzene ring substituents is 1. The zero-order chi connectivity index (χ0) is 27.4. The fraction of sp³-hybridized carbons (Fsp3) is 0.407. The van der Waals surface area contributed by atoms with Crippen LogP contribution in [0.3, 0.4) is 0 Å². The normalized spacial score (nSPS) is 32.3. The van der Waals surface area contributed by atoms with Crippen molar-refractivity contribution < 1.29 is 43.1 Å². The molecular weight excluding hydrogens is 498 g/mol. The summed E-state index contributed by atoms with van der Waals surface area (Å²) in [6.07, 6.45) is 4.12. The van der Waals surface area contributed by atoms with Crippen LogP contribution in [0.4, 0.5) is 5.69 Å². The van der Waals surface area contributed by atoms with Crippen LogP contribution in [0.2, 0.25) is 0 Å². The van der Waals surface area contributed by atoms with Gasteiger partial charge >= 0.3 is 17.9 Å². The van der Waals surface area contributed by atoms with Gasteiger partial charge in [-0.2, -0.15) is 0 Å². The van der Waals surface area contributed by atoms with Crippen LogP contribution in [0.1, 0.15) is 55.1 Å². The van der Waals surface area contributed by atoms with Crippen molar-refractivity contribution in [1.82, 2.24) is 0 Å². The second-order valence-electron chi connectivity index (χ2n) is 10.6. The minimum Gasteiger partial charge on any atom is -0.481 e. The zero-order valence-corrected chi connectivity index (χ0v) is 20.6. The van der Waals surface area contributed by atoms with Gasteiger partial charge in [-0.25, -0.2) is 4.79 Å². The Bertz CT molecular complexity index is 1380. The van der Waals surface area contributed by atoms with Gasteiger partial charge in [-0.15, -0.1) is 0 Å². The summed E-state index contributed by atoms with van der Waals surface area (Å²) < 4.78 is 16.2. The molecule has 0 radical (unpaired) electrons. The first-order valence-corrected chi connectivity index (χ1v) is 12.1. The number of carboxylic acid groups (broad SMARTS) is 1. The fourth-order valence-electron chi connectivity index (χ4n) is 6.74. The molecular formula is C27H25NO10. The Kier molecular flexibility index (Phi) is 5.96. The summed E-state index contributed by atoms with van der Waals surface area (Å²) in [5.74, 6) is -6.85. The van der Waals surface area contributed by atoms with Crippen LogP contribution < -0.4 is 0 Å². The molecule has 0 spiro atoms. The van der Waals surface area contributed by atoms with E-state index in [9.17, 15) is 34.4 Å². The highest BCUT2D eigenvalue weighted by Crippen LogP contribution is 2.64. The number of furan rings is 1. The third-order valence-corrected chi connectivity index (χ3v) is 8.49. The molecule has 2 heterocycles. The zero-order valence-electron chi connectivity index (χ0n) is 20.6. The Balaban J connectivity index is 1.56. The molecule has 1 saturated heterocycles. The van der Waals surface area contributed by atoms with Crippen molar-refractivity contribution in [3.63, 3.8) is 0 Å². The molecule has 6 atom stereocenters. The van der Waals surface area contributed by atoms with E-state index in [1.54, 1.807) is 19.9 Å². The average molecular weight is 523 g/mol. The van der Waals surface area contributed by atoms with Gasteiger partial charge in [0, 0.05) is 17.5 Å². The SMILES string of the molecule is CC12CCC3C(=O)OC(c4ccoc4)CC3(C)C1C(=O)C(OC(=O)c1ccccc1[N+](=O)[O-])=CC2C(=O)O. The third-order valence-electron chi connectivity index (χ3n) is 8.49. The van der Waals surface area contributed by atoms with Crippen molar-refractivity contribution in [2.24, 2.45) is 28.6 Å². The Labute approximate surface area is 216 Å². The van der Waals surface area contributed by atoms with E-state index in [0.717, 1.165) is 12.1 Å². The summed E-state index contributed by atoms with van der Waals surface area (Å²) in [6, 6.07) is 6.77. The first-order valence-electron chi connectivity index (χ1n) is 12.1. The number of aliphatic carboxylic acids is 1. The second-order valence-corrected chi connectivity index (χ2v) is 10.6. The first kappa shape index (κ1) is 25.4. The number of Topliss-reactive ketones (excluding diaryl/α,β-unsaturated/α-hetero) is 1. The number of para-hydroxylation sites is 1. The number of nitro groups is 1. The number of ketones is 1. The molecule has 1 aromatic heterocycles. The number of carbonyl (C=O) groups is 4. The molecule has 0 bridgehead atoms. The third kappa shape index (κ3) is 3.80. The lowest BCUT2D eigenvalue weighted by Crippen LogP contribution is -2.61. The lowest BCUT2D eigenvalue weighted by atomic mass is 9.44. The van der Waals surface area contributed by atoms with Gasteiger partial charge in [0.2, 0.25) is 5.78 Å². The number of rotatable bonds is 5. The Morgan fingerprint density at radius 3 is 2.55 bits per heavy atom. The predicted octanol–water partition coefficient (Wildman–Crippen LogP) is 4.24. The summed E-state index contributed by atoms with van der Waals surface area (Å²) in [7, 11) is 0. The van der Waals surface area contributed by atoms with E-state index in [-0.39, 0.29) is 18.4 Å². The number of ether oxygens (including phenoxy) is 2. The van der Waals surface area contributed by atoms with Gasteiger partial charge in [-0.1, -0.05) is 26.0 Å². The number of nitrogens with zero attached hydrogens (tertiary/aromatic N) is 1. The van der Waals surface area contributed by atoms with Gasteiger partial charge in [0.15, 0.2) is 5.76 Å². The van der Waals surface area contributed by atoms with Crippen molar-refractivity contribution in [3.8, 4) is 0 Å². The minimum absolute atomic E-state index is 0.229. The van der Waals surface area contributed by atoms with Crippen molar-refractivity contribution >= 4 is 29.4 Å². The number of hydrogen-bond donors (Lipinski definition) is 1. The molecule has 198 valence electrons. The molecule has 11 heteroatoms. The number of benzene rings is 1. The highest BCUT2D eigenvalue weighted by molar-refractivity contribution is 6.04. The molecule has 38 heavy (non-hydrogen) atoms. The van der Waals surface area contributed by atoms with Gasteiger partial charge in [0.25, 0.3) is 5.69 Å². The number of fused-ring (bicyclic) bond motifs is 3. The van der Waals surface area contributed by atoms with Crippen LogP contribution >= 0.6 is 0 Å². The number of carboxylic acids is 1. The Hall–Kier alpha value is -4.28. The number of allylic oxidation sites excluding steroid dienone is 1. The maximum absolute atomic E-state index is 14.0. The average Bonchev–Trinajstić information content (AvgIpc) is 3.40. The van der Waals surface area contributed by atoms with Crippen LogP contribution in [-0.4, -0.2) is 33.7 Å². The number of cyclic esters (lactones) is 1. The molecule has 2 aromatic rings. The van der Waals surface area contributed by atoms with Gasteiger partial charge in [-0.05, 0) is 48.3 Å². The van der Waals surface area contributed by atoms with E-state index in [1.807, 2.05) is 0 Å². The highest BCUT2D eigenvalue weighted by atomic mass is 16.6. The molecule has 3 aliphatic rings. The smallest absolute Gasteiger partial charge is 0.350 e. The van der Waals surface area contributed by atoms with Gasteiger partial charge in [0.1, 0.15) is 11.7 Å². The van der Waals surface area contributed by atoms with Gasteiger partial charge in [0.05, 0.1) is 29.3 Å². The maximum Gasteiger partial charge on any atom is 0.350 e. The lowest BCUT2D eigenvalue weighted by Gasteiger charge is -2.59. The molecule has 11 nitrogen and oxygen atoms in total. The molecule has 1 N–H and O–H groups in total. The Morgan fingerprint density at radius 2 is 1.89 bits per heavy atom. The predicted molar refractivity (Wildman–Crippen MR) is 127 cm³/mol. The van der Waals surface area contributed by atoms with Gasteiger partial charge in [-0.3, -0.25) is 24.5 Å². The maximum atomic E-state index is 14.0. The number of esters is 2. The monoisotopic (exact) mass is 523 g/mol. The van der Waals surface area contributed by atoms with E-state index < -0.39 is 74.7 Å². The van der Waals surface area contributed by atoms with Crippen LogP contribution in [-0.2, 0) is 23.9 Å². The van der Waals surface area contributed by atoms with Crippen LogP contribution in [0.25, 0.3) is 0 Å². The highest BCUT2D eigenvalue weighted by Gasteiger charge is 2.66. The Morgan fingerprint density at radius 1 is 1.16 bits per heavy atom. The molecule has 0 amide bonds. The van der Waals surface area contributed by atoms with Gasteiger partial charge < -0.3 is 19.0 Å². The quantitative estimate of drug-likeness (QED) is 0.340. The molecule has 2 fully saturated rings. The molecule has 6 unspecified atom stereocenters. The lowest BCUT2D eigenvalue weighted by molar-refractivity contribution is -0.385. The van der Waals surface area contributed by atoms with Crippen LogP contribution in [0, 0.1) is 38.7 Å². The van der Waals surface area contributed by atoms with Crippen LogP contribution in [0.15, 0.2) is 59.1 Å². The van der Waals surface area contributed by atoms with E-state index in [2.05, 4.69) is 0 Å². The molecule has 1 aromatic carbocycles.